The summed E-state index contributed by atoms with van der Waals surface area (Å²) in [6.07, 6.45) is 3.90. The average Bonchev–Trinajstić information content (AvgIpc) is 2.98. The van der Waals surface area contributed by atoms with Gasteiger partial charge in [-0.05, 0) is 68.9 Å². The zero-order valence-electron chi connectivity index (χ0n) is 17.0. The van der Waals surface area contributed by atoms with Crippen LogP contribution in [0.1, 0.15) is 30.7 Å². The molecule has 2 saturated heterocycles. The van der Waals surface area contributed by atoms with E-state index in [9.17, 15) is 0 Å². The second-order valence-corrected chi connectivity index (χ2v) is 9.15. The van der Waals surface area contributed by atoms with Crippen LogP contribution >= 0.6 is 11.6 Å². The molecule has 0 aromatic heterocycles. The summed E-state index contributed by atoms with van der Waals surface area (Å²) in [4.78, 5) is 5.19. The van der Waals surface area contributed by atoms with Gasteiger partial charge in [0, 0.05) is 23.7 Å². The van der Waals surface area contributed by atoms with Gasteiger partial charge in [-0.1, -0.05) is 23.7 Å². The van der Waals surface area contributed by atoms with E-state index in [0.29, 0.717) is 17.9 Å². The second-order valence-electron chi connectivity index (χ2n) is 7.90. The van der Waals surface area contributed by atoms with Gasteiger partial charge in [0.1, 0.15) is 0 Å². The van der Waals surface area contributed by atoms with Gasteiger partial charge in [-0.3, -0.25) is 0 Å². The van der Waals surface area contributed by atoms with Crippen molar-refractivity contribution in [3.8, 4) is 0 Å². The van der Waals surface area contributed by atoms with Crippen molar-refractivity contribution in [2.24, 2.45) is 5.92 Å². The maximum absolute atomic E-state index is 8.22. The van der Waals surface area contributed by atoms with Crippen molar-refractivity contribution in [1.29, 1.82) is 0 Å². The van der Waals surface area contributed by atoms with Crippen LogP contribution < -0.4 is 0 Å². The molecule has 161 valence electrons. The Morgan fingerprint density at radius 3 is 2.52 bits per heavy atom. The summed E-state index contributed by atoms with van der Waals surface area (Å²) in [5.74, 6) is 2.74. The number of nitrogens with zero attached hydrogens (tertiary/aromatic N) is 3. The molecule has 4 atom stereocenters. The number of fused-ring (bicyclic) bond motifs is 2. The fourth-order valence-corrected chi connectivity index (χ4v) is 5.54. The van der Waals surface area contributed by atoms with E-state index in [-0.39, 0.29) is 0 Å². The molecule has 8 heteroatoms. The van der Waals surface area contributed by atoms with E-state index in [0.717, 1.165) is 74.1 Å². The summed E-state index contributed by atoms with van der Waals surface area (Å²) >= 11 is 17.4. The summed E-state index contributed by atoms with van der Waals surface area (Å²) in [5, 5.41) is 5.37. The second kappa shape index (κ2) is 13.8. The van der Waals surface area contributed by atoms with Crippen LogP contribution in [0.5, 0.6) is 0 Å². The molecule has 2 fully saturated rings. The molecule has 0 N–H and O–H groups in total. The quantitative estimate of drug-likeness (QED) is 0.336. The first kappa shape index (κ1) is 25.8. The van der Waals surface area contributed by atoms with Crippen LogP contribution in [0.4, 0.5) is 0 Å². The van der Waals surface area contributed by atoms with Crippen molar-refractivity contribution in [2.75, 3.05) is 51.3 Å². The van der Waals surface area contributed by atoms with E-state index >= 15 is 0 Å². The Bertz CT molecular complexity index is 598. The normalized spacial score (nSPS) is 26.4. The Balaban J connectivity index is 0.00000145. The number of benzene rings is 1. The first-order chi connectivity index (χ1) is 14.1. The molecule has 0 amide bonds. The maximum atomic E-state index is 8.22. The first-order valence-electron chi connectivity index (χ1n) is 10.3. The topological polar surface area (TPSA) is 37.7 Å². The van der Waals surface area contributed by atoms with Crippen LogP contribution in [-0.2, 0) is 47.6 Å². The Kier molecular flexibility index (Phi) is 12.3. The van der Waals surface area contributed by atoms with Crippen LogP contribution in [0.15, 0.2) is 24.3 Å². The predicted octanol–water partition coefficient (Wildman–Crippen LogP) is 3.55. The molecule has 2 unspecified atom stereocenters. The molecule has 2 bridgehead atoms. The molecule has 2 heterocycles. The van der Waals surface area contributed by atoms with Crippen molar-refractivity contribution < 1.29 is 22.4 Å². The molecule has 4 nitrogen and oxygen atoms in total. The third kappa shape index (κ3) is 7.28. The van der Waals surface area contributed by atoms with Crippen molar-refractivity contribution in [1.82, 2.24) is 9.80 Å². The van der Waals surface area contributed by atoms with Gasteiger partial charge in [0.2, 0.25) is 0 Å². The first-order valence-corrected chi connectivity index (χ1v) is 12.6. The summed E-state index contributed by atoms with van der Waals surface area (Å²) in [6, 6.07) is 9.96. The zero-order valence-corrected chi connectivity index (χ0v) is 21.3. The third-order valence-electron chi connectivity index (χ3n) is 6.43. The Hall–Kier alpha value is 0.539. The number of hydrogen-bond donors (Lipinski definition) is 0. The Morgan fingerprint density at radius 1 is 1.14 bits per heavy atom. The van der Waals surface area contributed by atoms with Gasteiger partial charge in [0.05, 0.1) is 0 Å². The average molecular weight is 540 g/mol. The summed E-state index contributed by atoms with van der Waals surface area (Å²) in [7, 11) is 2.32. The van der Waals surface area contributed by atoms with Crippen molar-refractivity contribution in [3.63, 3.8) is 0 Å². The molecule has 0 radical (unpaired) electrons. The molecule has 0 aliphatic carbocycles. The van der Waals surface area contributed by atoms with Crippen molar-refractivity contribution in [2.45, 2.75) is 37.3 Å². The zero-order chi connectivity index (χ0) is 21.2. The van der Waals surface area contributed by atoms with Gasteiger partial charge in [-0.2, -0.15) is 18.1 Å². The van der Waals surface area contributed by atoms with Gasteiger partial charge < -0.3 is 40.4 Å². The third-order valence-corrected chi connectivity index (χ3v) is 7.05. The molecule has 2 aliphatic heterocycles. The molecular weight excluding hydrogens is 509 g/mol. The monoisotopic (exact) mass is 539 g/mol. The van der Waals surface area contributed by atoms with E-state index in [1.54, 1.807) is 0 Å². The van der Waals surface area contributed by atoms with Crippen LogP contribution in [0.25, 0.3) is 5.32 Å². The van der Waals surface area contributed by atoms with E-state index in [1.807, 2.05) is 12.1 Å². The van der Waals surface area contributed by atoms with Crippen LogP contribution in [0.3, 0.4) is 0 Å². The molecule has 2 aliphatic rings. The molecule has 0 saturated carbocycles. The predicted molar refractivity (Wildman–Crippen MR) is 122 cm³/mol. The van der Waals surface area contributed by atoms with E-state index in [2.05, 4.69) is 34.3 Å². The SMILES string of the molecule is CN1C2CCC1[C@@H](CN(CC[S-])CC[N-]CC[S-])[C@@H](c1ccc(Cl)cc1)C2.[O]=[99Tc+4]. The van der Waals surface area contributed by atoms with E-state index in [4.69, 9.17) is 40.4 Å². The molecule has 3 rings (SSSR count). The standard InChI is InChI=1S/C21H33ClN3S2.O.Tc/c1-24-18-6-7-21(24)20(15-25(11-13-27)10-8-23-9-12-26)19(14-18)16-2-4-17(22)5-3-16;;/h2-5,18-21,26-27H,6-15H2,1H3;;/q-1;;+4/p-2/t18?,19-,20+,21?;;/m1../s1/i;;1+1. The molecule has 0 spiro atoms. The summed E-state index contributed by atoms with van der Waals surface area (Å²) < 4.78 is 8.22. The Morgan fingerprint density at radius 2 is 1.86 bits per heavy atom. The minimum atomic E-state index is 0.605. The fraction of sp³-hybridized carbons (Fsp3) is 0.714. The number of rotatable bonds is 10. The van der Waals surface area contributed by atoms with Crippen molar-refractivity contribution >= 4 is 36.9 Å². The number of halogens is 1. The minimum absolute atomic E-state index is 0.605. The van der Waals surface area contributed by atoms with Crippen LogP contribution in [0.2, 0.25) is 5.02 Å². The summed E-state index contributed by atoms with van der Waals surface area (Å²) in [5.41, 5.74) is 1.45. The van der Waals surface area contributed by atoms with Gasteiger partial charge in [0.25, 0.3) is 0 Å². The number of hydrogen-bond acceptors (Lipinski definition) is 5. The van der Waals surface area contributed by atoms with E-state index in [1.165, 1.54) is 24.8 Å². The fourth-order valence-electron chi connectivity index (χ4n) is 5.03. The molecule has 1 aromatic rings. The van der Waals surface area contributed by atoms with Crippen LogP contribution in [0, 0.1) is 5.92 Å². The van der Waals surface area contributed by atoms with Crippen molar-refractivity contribution in [3.05, 3.63) is 40.2 Å². The molecule has 29 heavy (non-hydrogen) atoms. The summed E-state index contributed by atoms with van der Waals surface area (Å²) in [6.45, 7) is 4.74. The Labute approximate surface area is 202 Å². The molecular formula is C21H31ClN3OS2Tc+. The molecule has 1 aromatic carbocycles. The van der Waals surface area contributed by atoms with Gasteiger partial charge in [-0.25, -0.2) is 0 Å². The van der Waals surface area contributed by atoms with Crippen LogP contribution in [-0.4, -0.2) is 73.2 Å². The van der Waals surface area contributed by atoms with Gasteiger partial charge in [-0.15, -0.1) is 6.54 Å². The van der Waals surface area contributed by atoms with Gasteiger partial charge in [0.15, 0.2) is 0 Å². The number of piperidine rings is 1. The van der Waals surface area contributed by atoms with E-state index < -0.39 is 0 Å². The van der Waals surface area contributed by atoms with Gasteiger partial charge >= 0.3 is 22.4 Å².